The van der Waals surface area contributed by atoms with Gasteiger partial charge in [-0.25, -0.2) is 0 Å². The van der Waals surface area contributed by atoms with Gasteiger partial charge in [-0.2, -0.15) is 0 Å². The van der Waals surface area contributed by atoms with Crippen molar-refractivity contribution in [3.05, 3.63) is 27.3 Å². The van der Waals surface area contributed by atoms with Crippen LogP contribution in [0.2, 0.25) is 0 Å². The van der Waals surface area contributed by atoms with Crippen molar-refractivity contribution in [3.8, 4) is 5.06 Å². The lowest BCUT2D eigenvalue weighted by Gasteiger charge is -1.95. The Bertz CT molecular complexity index is 490. The predicted octanol–water partition coefficient (Wildman–Crippen LogP) is 3.33. The van der Waals surface area contributed by atoms with Crippen molar-refractivity contribution in [1.82, 2.24) is 0 Å². The molecule has 1 heterocycles. The zero-order chi connectivity index (χ0) is 10.1. The van der Waals surface area contributed by atoms with Gasteiger partial charge in [0.1, 0.15) is 0 Å². The number of benzene rings is 1. The van der Waals surface area contributed by atoms with E-state index in [1.807, 2.05) is 18.2 Å². The van der Waals surface area contributed by atoms with Gasteiger partial charge in [0, 0.05) is 13.8 Å². The summed E-state index contributed by atoms with van der Waals surface area (Å²) in [6.07, 6.45) is 0.882. The third-order valence-corrected chi connectivity index (χ3v) is 3.93. The summed E-state index contributed by atoms with van der Waals surface area (Å²) in [4.78, 5) is 10.7. The molecule has 0 spiro atoms. The smallest absolute Gasteiger partial charge is 0.174 e. The molecular formula is C10H7IO2S. The summed E-state index contributed by atoms with van der Waals surface area (Å²) in [5.41, 5.74) is 0.739. The summed E-state index contributed by atoms with van der Waals surface area (Å²) < 4.78 is 7.21. The number of carbonyl (C=O) groups excluding carboxylic acids is 1. The zero-order valence-electron chi connectivity index (χ0n) is 7.41. The summed E-state index contributed by atoms with van der Waals surface area (Å²) >= 11 is 3.71. The van der Waals surface area contributed by atoms with Crippen LogP contribution < -0.4 is 4.74 Å². The molecule has 0 fully saturated rings. The van der Waals surface area contributed by atoms with Gasteiger partial charge >= 0.3 is 0 Å². The van der Waals surface area contributed by atoms with Crippen LogP contribution in [-0.2, 0) is 0 Å². The van der Waals surface area contributed by atoms with Crippen LogP contribution in [0.4, 0.5) is 0 Å². The molecule has 0 amide bonds. The molecule has 0 atom stereocenters. The van der Waals surface area contributed by atoms with Gasteiger partial charge in [0.05, 0.1) is 7.11 Å². The minimum Gasteiger partial charge on any atom is -0.487 e. The molecule has 0 N–H and O–H groups in total. The summed E-state index contributed by atoms with van der Waals surface area (Å²) in [7, 11) is 1.65. The van der Waals surface area contributed by atoms with Crippen LogP contribution in [0.15, 0.2) is 18.2 Å². The second-order valence-electron chi connectivity index (χ2n) is 2.80. The number of thiophene rings is 1. The zero-order valence-corrected chi connectivity index (χ0v) is 10.4. The van der Waals surface area contributed by atoms with Gasteiger partial charge in [-0.1, -0.05) is 11.3 Å². The molecule has 2 nitrogen and oxygen atoms in total. The fourth-order valence-corrected chi connectivity index (χ4v) is 2.77. The highest BCUT2D eigenvalue weighted by molar-refractivity contribution is 14.1. The average molecular weight is 318 g/mol. The molecule has 14 heavy (non-hydrogen) atoms. The van der Waals surface area contributed by atoms with Crippen LogP contribution in [0, 0.1) is 3.57 Å². The van der Waals surface area contributed by atoms with Gasteiger partial charge in [-0.05, 0) is 46.2 Å². The van der Waals surface area contributed by atoms with Crippen LogP contribution in [-0.4, -0.2) is 13.4 Å². The van der Waals surface area contributed by atoms with E-state index in [0.29, 0.717) is 0 Å². The molecule has 72 valence electrons. The normalized spacial score (nSPS) is 10.4. The van der Waals surface area contributed by atoms with Crippen LogP contribution in [0.3, 0.4) is 0 Å². The Hall–Kier alpha value is -0.620. The second kappa shape index (κ2) is 3.86. The predicted molar refractivity (Wildman–Crippen MR) is 66.5 cm³/mol. The first-order valence-electron chi connectivity index (χ1n) is 3.97. The van der Waals surface area contributed by atoms with Gasteiger partial charge in [0.15, 0.2) is 11.3 Å². The number of halogens is 1. The van der Waals surface area contributed by atoms with Crippen molar-refractivity contribution < 1.29 is 9.53 Å². The first kappa shape index (κ1) is 9.92. The lowest BCUT2D eigenvalue weighted by atomic mass is 10.2. The van der Waals surface area contributed by atoms with Crippen molar-refractivity contribution in [1.29, 1.82) is 0 Å². The summed E-state index contributed by atoms with van der Waals surface area (Å²) in [5, 5.41) is 2.00. The molecule has 0 saturated heterocycles. The fourth-order valence-electron chi connectivity index (χ4n) is 1.24. The largest absolute Gasteiger partial charge is 0.487 e. The van der Waals surface area contributed by atoms with Crippen LogP contribution in [0.5, 0.6) is 5.06 Å². The number of methoxy groups -OCH3 is 1. The van der Waals surface area contributed by atoms with Crippen molar-refractivity contribution in [2.75, 3.05) is 7.11 Å². The lowest BCUT2D eigenvalue weighted by Crippen LogP contribution is -1.83. The van der Waals surface area contributed by atoms with E-state index in [1.165, 1.54) is 0 Å². The monoisotopic (exact) mass is 318 g/mol. The Morgan fingerprint density at radius 1 is 1.43 bits per heavy atom. The minimum atomic E-state index is 0.739. The van der Waals surface area contributed by atoms with E-state index in [0.717, 1.165) is 30.6 Å². The molecule has 0 aliphatic heterocycles. The molecule has 2 rings (SSSR count). The quantitative estimate of drug-likeness (QED) is 0.627. The third kappa shape index (κ3) is 1.64. The highest BCUT2D eigenvalue weighted by Gasteiger charge is 2.05. The van der Waals surface area contributed by atoms with Crippen molar-refractivity contribution in [2.24, 2.45) is 0 Å². The van der Waals surface area contributed by atoms with Crippen LogP contribution >= 0.6 is 33.9 Å². The van der Waals surface area contributed by atoms with Gasteiger partial charge in [-0.3, -0.25) is 4.79 Å². The van der Waals surface area contributed by atoms with Crippen molar-refractivity contribution >= 4 is 50.3 Å². The van der Waals surface area contributed by atoms with E-state index in [9.17, 15) is 4.79 Å². The molecule has 0 aliphatic carbocycles. The van der Waals surface area contributed by atoms with Crippen LogP contribution in [0.25, 0.3) is 10.1 Å². The Kier molecular flexibility index (Phi) is 2.73. The average Bonchev–Trinajstić information content (AvgIpc) is 2.58. The van der Waals surface area contributed by atoms with E-state index in [1.54, 1.807) is 18.4 Å². The molecule has 0 unspecified atom stereocenters. The summed E-state index contributed by atoms with van der Waals surface area (Å²) in [5.74, 6) is 0. The second-order valence-corrected chi connectivity index (χ2v) is 5.01. The number of hydrogen-bond acceptors (Lipinski definition) is 3. The molecule has 2 aromatic rings. The van der Waals surface area contributed by atoms with Crippen molar-refractivity contribution in [3.63, 3.8) is 0 Å². The Labute approximate surface area is 99.0 Å². The van der Waals surface area contributed by atoms with Gasteiger partial charge < -0.3 is 4.74 Å². The van der Waals surface area contributed by atoms with E-state index in [2.05, 4.69) is 22.6 Å². The standard InChI is InChI=1S/C10H7IO2S/c1-13-10-4-6-2-8(11)7(5-12)3-9(6)14-10/h2-5H,1H3. The molecule has 0 aliphatic rings. The maximum atomic E-state index is 10.7. The molecule has 1 aromatic carbocycles. The molecular weight excluding hydrogens is 311 g/mol. The van der Waals surface area contributed by atoms with Gasteiger partial charge in [-0.15, -0.1) is 0 Å². The molecule has 0 bridgehead atoms. The molecule has 4 heteroatoms. The highest BCUT2D eigenvalue weighted by atomic mass is 127. The highest BCUT2D eigenvalue weighted by Crippen LogP contribution is 2.33. The molecule has 1 aromatic heterocycles. The molecule has 0 saturated carbocycles. The Morgan fingerprint density at radius 3 is 2.86 bits per heavy atom. The first-order chi connectivity index (χ1) is 6.74. The maximum Gasteiger partial charge on any atom is 0.174 e. The topological polar surface area (TPSA) is 26.3 Å². The number of fused-ring (bicyclic) bond motifs is 1. The number of carbonyl (C=O) groups is 1. The van der Waals surface area contributed by atoms with E-state index < -0.39 is 0 Å². The number of hydrogen-bond donors (Lipinski definition) is 0. The van der Waals surface area contributed by atoms with Gasteiger partial charge in [0.25, 0.3) is 0 Å². The van der Waals surface area contributed by atoms with E-state index in [-0.39, 0.29) is 0 Å². The van der Waals surface area contributed by atoms with Crippen molar-refractivity contribution in [2.45, 2.75) is 0 Å². The Balaban J connectivity index is 2.69. The summed E-state index contributed by atoms with van der Waals surface area (Å²) in [6.45, 7) is 0. The number of aldehydes is 1. The minimum absolute atomic E-state index is 0.739. The lowest BCUT2D eigenvalue weighted by molar-refractivity contribution is 0.112. The first-order valence-corrected chi connectivity index (χ1v) is 5.86. The number of ether oxygens (including phenoxy) is 1. The third-order valence-electron chi connectivity index (χ3n) is 1.94. The van der Waals surface area contributed by atoms with Crippen LogP contribution in [0.1, 0.15) is 10.4 Å². The number of rotatable bonds is 2. The Morgan fingerprint density at radius 2 is 2.21 bits per heavy atom. The SMILES string of the molecule is COc1cc2cc(I)c(C=O)cc2s1. The molecule has 0 radical (unpaired) electrons. The summed E-state index contributed by atoms with van der Waals surface area (Å²) in [6, 6.07) is 5.88. The van der Waals surface area contributed by atoms with Gasteiger partial charge in [0.2, 0.25) is 0 Å². The maximum absolute atomic E-state index is 10.7. The van der Waals surface area contributed by atoms with E-state index >= 15 is 0 Å². The van der Waals surface area contributed by atoms with E-state index in [4.69, 9.17) is 4.74 Å². The fraction of sp³-hybridized carbons (Fsp3) is 0.100.